The summed E-state index contributed by atoms with van der Waals surface area (Å²) in [4.78, 5) is 28.6. The number of methoxy groups -OCH3 is 1. The summed E-state index contributed by atoms with van der Waals surface area (Å²) >= 11 is 6.36. The average molecular weight is 548 g/mol. The highest BCUT2D eigenvalue weighted by atomic mass is 35.5. The van der Waals surface area contributed by atoms with Gasteiger partial charge in [-0.15, -0.1) is 0 Å². The third-order valence-electron chi connectivity index (χ3n) is 5.56. The molecule has 1 amide bonds. The summed E-state index contributed by atoms with van der Waals surface area (Å²) < 4.78 is 32.9. The Balaban J connectivity index is 1.68. The molecule has 37 heavy (non-hydrogen) atoms. The number of imidazole rings is 1. The van der Waals surface area contributed by atoms with Crippen molar-refractivity contribution in [2.45, 2.75) is 56.5 Å². The molecular formula is C24H30ClN7O4S. The van der Waals surface area contributed by atoms with Gasteiger partial charge in [-0.3, -0.25) is 0 Å². The number of ether oxygens (including phenoxy) is 1. The van der Waals surface area contributed by atoms with Crippen molar-refractivity contribution in [2.24, 2.45) is 0 Å². The van der Waals surface area contributed by atoms with E-state index in [1.54, 1.807) is 38.2 Å². The zero-order valence-corrected chi connectivity index (χ0v) is 22.6. The Bertz CT molecular complexity index is 1390. The number of halogens is 1. The molecule has 1 aliphatic carbocycles. The lowest BCUT2D eigenvalue weighted by molar-refractivity contribution is 0.168. The molecule has 1 atom stereocenters. The van der Waals surface area contributed by atoms with Gasteiger partial charge in [-0.1, -0.05) is 11.6 Å². The normalized spacial score (nSPS) is 14.4. The van der Waals surface area contributed by atoms with Gasteiger partial charge < -0.3 is 20.4 Å². The first-order valence-corrected chi connectivity index (χ1v) is 13.8. The first kappa shape index (κ1) is 26.8. The highest BCUT2D eigenvalue weighted by Crippen LogP contribution is 2.42. The Morgan fingerprint density at radius 1 is 1.22 bits per heavy atom. The van der Waals surface area contributed by atoms with Crippen LogP contribution in [-0.2, 0) is 14.8 Å². The minimum atomic E-state index is -3.77. The van der Waals surface area contributed by atoms with Crippen molar-refractivity contribution in [3.63, 3.8) is 0 Å². The Morgan fingerprint density at radius 3 is 2.65 bits per heavy atom. The number of benzene rings is 1. The van der Waals surface area contributed by atoms with Crippen molar-refractivity contribution in [3.8, 4) is 22.6 Å². The SMILES string of the molecule is COC(=O)N[C@@H](C)CNc1nccc(-c2[nH]c(C3CC3)nc2-c2cc(Cl)cc(S(=O)(=O)NC(C)C)c2)n1. The number of anilines is 1. The van der Waals surface area contributed by atoms with Crippen LogP contribution in [0.4, 0.5) is 10.7 Å². The number of aromatic nitrogens is 4. The van der Waals surface area contributed by atoms with Crippen LogP contribution in [0.5, 0.6) is 0 Å². The van der Waals surface area contributed by atoms with Crippen LogP contribution < -0.4 is 15.4 Å². The molecule has 3 aromatic rings. The van der Waals surface area contributed by atoms with E-state index in [-0.39, 0.29) is 22.0 Å². The zero-order chi connectivity index (χ0) is 26.7. The predicted molar refractivity (Wildman–Crippen MR) is 141 cm³/mol. The molecule has 0 unspecified atom stereocenters. The first-order valence-electron chi connectivity index (χ1n) is 11.9. The Kier molecular flexibility index (Phi) is 8.00. The lowest BCUT2D eigenvalue weighted by Gasteiger charge is -2.14. The maximum absolute atomic E-state index is 12.9. The second kappa shape index (κ2) is 11.0. The van der Waals surface area contributed by atoms with E-state index in [1.807, 2.05) is 6.92 Å². The lowest BCUT2D eigenvalue weighted by atomic mass is 10.1. The fourth-order valence-corrected chi connectivity index (χ4v) is 5.33. The van der Waals surface area contributed by atoms with Gasteiger partial charge in [0.15, 0.2) is 0 Å². The molecular weight excluding hydrogens is 518 g/mol. The van der Waals surface area contributed by atoms with Crippen LogP contribution in [0.3, 0.4) is 0 Å². The average Bonchev–Trinajstić information content (AvgIpc) is 3.59. The molecule has 1 fully saturated rings. The molecule has 2 aromatic heterocycles. The van der Waals surface area contributed by atoms with Crippen molar-refractivity contribution in [3.05, 3.63) is 41.3 Å². The predicted octanol–water partition coefficient (Wildman–Crippen LogP) is 3.91. The number of hydrogen-bond donors (Lipinski definition) is 4. The van der Waals surface area contributed by atoms with Gasteiger partial charge in [0, 0.05) is 41.3 Å². The van der Waals surface area contributed by atoms with Gasteiger partial charge >= 0.3 is 6.09 Å². The molecule has 0 aliphatic heterocycles. The van der Waals surface area contributed by atoms with E-state index in [9.17, 15) is 13.2 Å². The van der Waals surface area contributed by atoms with Gasteiger partial charge in [-0.25, -0.2) is 32.9 Å². The maximum atomic E-state index is 12.9. The van der Waals surface area contributed by atoms with E-state index in [0.717, 1.165) is 18.7 Å². The van der Waals surface area contributed by atoms with E-state index in [4.69, 9.17) is 16.6 Å². The van der Waals surface area contributed by atoms with Crippen molar-refractivity contribution >= 4 is 33.7 Å². The number of sulfonamides is 1. The molecule has 0 radical (unpaired) electrons. The third-order valence-corrected chi connectivity index (χ3v) is 7.42. The van der Waals surface area contributed by atoms with E-state index >= 15 is 0 Å². The number of nitrogens with one attached hydrogen (secondary N) is 4. The number of carbonyl (C=O) groups is 1. The minimum Gasteiger partial charge on any atom is -0.453 e. The smallest absolute Gasteiger partial charge is 0.407 e. The molecule has 4 N–H and O–H groups in total. The van der Waals surface area contributed by atoms with E-state index in [2.05, 4.69) is 35.0 Å². The molecule has 4 rings (SSSR count). The summed E-state index contributed by atoms with van der Waals surface area (Å²) in [5.74, 6) is 1.50. The van der Waals surface area contributed by atoms with E-state index in [0.29, 0.717) is 41.1 Å². The number of alkyl carbamates (subject to hydrolysis) is 1. The Morgan fingerprint density at radius 2 is 1.97 bits per heavy atom. The van der Waals surface area contributed by atoms with Crippen molar-refractivity contribution < 1.29 is 17.9 Å². The number of carbonyl (C=O) groups excluding carboxylic acids is 1. The third kappa shape index (κ3) is 6.76. The molecule has 2 heterocycles. The first-order chi connectivity index (χ1) is 17.6. The molecule has 198 valence electrons. The quantitative estimate of drug-likeness (QED) is 0.298. The molecule has 1 aliphatic rings. The fraction of sp³-hybridized carbons (Fsp3) is 0.417. The van der Waals surface area contributed by atoms with Gasteiger partial charge in [0.2, 0.25) is 16.0 Å². The molecule has 11 nitrogen and oxygen atoms in total. The molecule has 0 saturated heterocycles. The summed E-state index contributed by atoms with van der Waals surface area (Å²) in [5, 5.41) is 6.06. The summed E-state index contributed by atoms with van der Waals surface area (Å²) in [6, 6.07) is 5.92. The van der Waals surface area contributed by atoms with Crippen LogP contribution in [0.1, 0.15) is 45.4 Å². The molecule has 1 saturated carbocycles. The summed E-state index contributed by atoms with van der Waals surface area (Å²) in [6.45, 7) is 5.70. The molecule has 0 spiro atoms. The molecule has 13 heteroatoms. The van der Waals surface area contributed by atoms with E-state index in [1.165, 1.54) is 13.2 Å². The van der Waals surface area contributed by atoms with Gasteiger partial charge in [-0.05, 0) is 57.9 Å². The number of H-pyrrole nitrogens is 1. The monoisotopic (exact) mass is 547 g/mol. The van der Waals surface area contributed by atoms with Gasteiger partial charge in [0.25, 0.3) is 0 Å². The number of hydrogen-bond acceptors (Lipinski definition) is 8. The summed E-state index contributed by atoms with van der Waals surface area (Å²) in [5.41, 5.74) is 2.32. The van der Waals surface area contributed by atoms with Crippen LogP contribution in [0.25, 0.3) is 22.6 Å². The van der Waals surface area contributed by atoms with Gasteiger partial charge in [-0.2, -0.15) is 0 Å². The topological polar surface area (TPSA) is 151 Å². The highest BCUT2D eigenvalue weighted by Gasteiger charge is 2.29. The van der Waals surface area contributed by atoms with Crippen LogP contribution in [0.15, 0.2) is 35.4 Å². The Labute approximate surface area is 220 Å². The van der Waals surface area contributed by atoms with Gasteiger partial charge in [0.05, 0.1) is 29.1 Å². The maximum Gasteiger partial charge on any atom is 0.407 e. The van der Waals surface area contributed by atoms with Crippen molar-refractivity contribution in [1.29, 1.82) is 0 Å². The van der Waals surface area contributed by atoms with Crippen LogP contribution in [0, 0.1) is 0 Å². The van der Waals surface area contributed by atoms with Crippen LogP contribution in [0.2, 0.25) is 5.02 Å². The number of amides is 1. The zero-order valence-electron chi connectivity index (χ0n) is 21.0. The lowest BCUT2D eigenvalue weighted by Crippen LogP contribution is -2.37. The minimum absolute atomic E-state index is 0.0581. The van der Waals surface area contributed by atoms with Crippen LogP contribution >= 0.6 is 11.6 Å². The fourth-order valence-electron chi connectivity index (χ4n) is 3.71. The van der Waals surface area contributed by atoms with Crippen molar-refractivity contribution in [2.75, 3.05) is 19.0 Å². The largest absolute Gasteiger partial charge is 0.453 e. The van der Waals surface area contributed by atoms with E-state index < -0.39 is 16.1 Å². The number of rotatable bonds is 10. The van der Waals surface area contributed by atoms with Crippen molar-refractivity contribution in [1.82, 2.24) is 30.0 Å². The second-order valence-electron chi connectivity index (χ2n) is 9.25. The van der Waals surface area contributed by atoms with Crippen LogP contribution in [-0.4, -0.2) is 60.2 Å². The highest BCUT2D eigenvalue weighted by molar-refractivity contribution is 7.89. The van der Waals surface area contributed by atoms with Gasteiger partial charge in [0.1, 0.15) is 5.82 Å². The summed E-state index contributed by atoms with van der Waals surface area (Å²) in [7, 11) is -2.46. The Hall–Kier alpha value is -3.22. The number of aromatic amines is 1. The molecule has 1 aromatic carbocycles. The molecule has 0 bridgehead atoms. The number of nitrogens with zero attached hydrogens (tertiary/aromatic N) is 3. The second-order valence-corrected chi connectivity index (χ2v) is 11.4. The summed E-state index contributed by atoms with van der Waals surface area (Å²) in [6.07, 6.45) is 3.15. The standard InChI is InChI=1S/C24H30ClN7O4S/c1-13(2)32-37(34,35)18-10-16(9-17(25)11-18)20-21(31-22(30-20)15-5-6-15)19-7-8-26-23(29-19)27-12-14(3)28-24(33)36-4/h7-11,13-15,32H,5-6,12H2,1-4H3,(H,28,33)(H,30,31)(H,26,27,29)/t14-/m0/s1.